The van der Waals surface area contributed by atoms with Crippen molar-refractivity contribution in [3.05, 3.63) is 71.5 Å². The van der Waals surface area contributed by atoms with E-state index in [1.807, 2.05) is 19.9 Å². The number of nitrogens with zero attached hydrogens (tertiary/aromatic N) is 4. The summed E-state index contributed by atoms with van der Waals surface area (Å²) in [4.78, 5) is 36.1. The second kappa shape index (κ2) is 12.1. The van der Waals surface area contributed by atoms with Gasteiger partial charge in [-0.3, -0.25) is 18.9 Å². The summed E-state index contributed by atoms with van der Waals surface area (Å²) in [6, 6.07) is 13.6. The van der Waals surface area contributed by atoms with Crippen molar-refractivity contribution in [3.8, 4) is 11.5 Å². The predicted octanol–water partition coefficient (Wildman–Crippen LogP) is 4.41. The molecule has 11 heteroatoms. The average Bonchev–Trinajstić information content (AvgIpc) is 3.32. The number of carbonyl (C=O) groups is 2. The highest BCUT2D eigenvalue weighted by Gasteiger charge is 2.27. The number of hydrogen-bond acceptors (Lipinski definition) is 8. The molecule has 4 aromatic rings. The summed E-state index contributed by atoms with van der Waals surface area (Å²) in [6.07, 6.45) is 1.67. The minimum atomic E-state index is -1.76. The van der Waals surface area contributed by atoms with E-state index < -0.39 is 22.8 Å². The third-order valence-corrected chi connectivity index (χ3v) is 7.38. The van der Waals surface area contributed by atoms with Crippen LogP contribution in [0.15, 0.2) is 59.9 Å². The summed E-state index contributed by atoms with van der Waals surface area (Å²) in [7, 11) is 1.35. The lowest BCUT2D eigenvalue weighted by atomic mass is 10.1. The van der Waals surface area contributed by atoms with Crippen molar-refractivity contribution < 1.29 is 28.0 Å². The number of para-hydroxylation sites is 1. The number of pyridine rings is 1. The molecular weight excluding hydrogens is 520 g/mol. The van der Waals surface area contributed by atoms with E-state index in [-0.39, 0.29) is 24.1 Å². The van der Waals surface area contributed by atoms with Crippen LogP contribution in [0, 0.1) is 13.8 Å². The highest BCUT2D eigenvalue weighted by molar-refractivity contribution is 7.84. The molecule has 2 heterocycles. The van der Waals surface area contributed by atoms with Crippen LogP contribution in [0.2, 0.25) is 0 Å². The summed E-state index contributed by atoms with van der Waals surface area (Å²) in [6.45, 7) is 5.12. The van der Waals surface area contributed by atoms with Gasteiger partial charge in [0.1, 0.15) is 18.1 Å². The molecular formula is C28H30N4O6S. The molecule has 0 spiro atoms. The molecule has 0 aliphatic heterocycles. The number of carbonyl (C=O) groups excluding carboxylic acids is 2. The third kappa shape index (κ3) is 5.93. The van der Waals surface area contributed by atoms with Crippen molar-refractivity contribution in [2.24, 2.45) is 0 Å². The van der Waals surface area contributed by atoms with Gasteiger partial charge in [-0.1, -0.05) is 18.2 Å². The van der Waals surface area contributed by atoms with Crippen LogP contribution < -0.4 is 14.4 Å². The fourth-order valence-corrected chi connectivity index (χ4v) is 5.50. The van der Waals surface area contributed by atoms with Crippen molar-refractivity contribution in [2.45, 2.75) is 31.7 Å². The van der Waals surface area contributed by atoms with Gasteiger partial charge in [0, 0.05) is 36.0 Å². The van der Waals surface area contributed by atoms with Gasteiger partial charge >= 0.3 is 12.0 Å². The molecule has 2 aromatic heterocycles. The van der Waals surface area contributed by atoms with E-state index in [1.54, 1.807) is 55.8 Å². The fourth-order valence-electron chi connectivity index (χ4n) is 4.25. The Morgan fingerprint density at radius 3 is 2.46 bits per heavy atom. The van der Waals surface area contributed by atoms with Gasteiger partial charge in [0.2, 0.25) is 5.16 Å². The number of methoxy groups -OCH3 is 2. The zero-order valence-electron chi connectivity index (χ0n) is 22.5. The number of fused-ring (bicyclic) bond motifs is 1. The Morgan fingerprint density at radius 2 is 1.79 bits per heavy atom. The molecule has 1 amide bonds. The highest BCUT2D eigenvalue weighted by Crippen LogP contribution is 2.29. The topological polar surface area (TPSA) is 113 Å². The van der Waals surface area contributed by atoms with Gasteiger partial charge in [-0.05, 0) is 38.1 Å². The number of ether oxygens (including phenoxy) is 3. The Labute approximate surface area is 229 Å². The number of aryl methyl sites for hydroxylation is 1. The number of rotatable bonds is 9. The second-order valence-electron chi connectivity index (χ2n) is 8.73. The Balaban J connectivity index is 1.81. The van der Waals surface area contributed by atoms with E-state index in [0.717, 1.165) is 11.1 Å². The van der Waals surface area contributed by atoms with E-state index in [0.29, 0.717) is 33.9 Å². The number of esters is 1. The third-order valence-electron chi connectivity index (χ3n) is 6.16. The number of imidazole rings is 1. The molecule has 10 nitrogen and oxygen atoms in total. The van der Waals surface area contributed by atoms with E-state index in [9.17, 15) is 13.8 Å². The molecule has 39 heavy (non-hydrogen) atoms. The number of hydrogen-bond donors (Lipinski definition) is 0. The van der Waals surface area contributed by atoms with Crippen LogP contribution in [-0.4, -0.2) is 58.1 Å². The van der Waals surface area contributed by atoms with Crippen molar-refractivity contribution >= 4 is 39.5 Å². The van der Waals surface area contributed by atoms with Crippen LogP contribution in [0.3, 0.4) is 0 Å². The minimum Gasteiger partial charge on any atom is -0.497 e. The van der Waals surface area contributed by atoms with E-state index in [2.05, 4.69) is 9.97 Å². The lowest BCUT2D eigenvalue weighted by Gasteiger charge is -2.24. The van der Waals surface area contributed by atoms with Crippen molar-refractivity contribution in [1.82, 2.24) is 14.5 Å². The van der Waals surface area contributed by atoms with Gasteiger partial charge in [0.05, 0.1) is 54.0 Å². The smallest absolute Gasteiger partial charge is 0.335 e. The molecule has 0 fully saturated rings. The maximum absolute atomic E-state index is 14.1. The van der Waals surface area contributed by atoms with Gasteiger partial charge in [-0.2, -0.15) is 0 Å². The molecule has 1 atom stereocenters. The Kier molecular flexibility index (Phi) is 8.60. The standard InChI is InChI=1S/C28H30N4O6S/c1-18-16-29-24(19(2)26(18)37-5)17-39(35)27-30-23-15-22(36-4)11-12-25(23)32(27)28(34)31(13-14-38-20(3)33)21-9-7-6-8-10-21/h6-12,15-16H,13-14,17H2,1-5H3. The fraction of sp³-hybridized carbons (Fsp3) is 0.286. The quantitative estimate of drug-likeness (QED) is 0.282. The maximum atomic E-state index is 14.1. The first-order valence-corrected chi connectivity index (χ1v) is 13.5. The molecule has 0 radical (unpaired) electrons. The number of aromatic nitrogens is 3. The first-order valence-electron chi connectivity index (χ1n) is 12.2. The largest absolute Gasteiger partial charge is 0.497 e. The van der Waals surface area contributed by atoms with Gasteiger partial charge in [0.15, 0.2) is 0 Å². The molecule has 0 bridgehead atoms. The van der Waals surface area contributed by atoms with Crippen molar-refractivity contribution in [3.63, 3.8) is 0 Å². The Hall–Kier alpha value is -4.25. The van der Waals surface area contributed by atoms with Crippen molar-refractivity contribution in [1.29, 1.82) is 0 Å². The van der Waals surface area contributed by atoms with E-state index in [4.69, 9.17) is 14.2 Å². The zero-order chi connectivity index (χ0) is 28.1. The predicted molar refractivity (Wildman–Crippen MR) is 148 cm³/mol. The van der Waals surface area contributed by atoms with Gasteiger partial charge in [0.25, 0.3) is 0 Å². The number of benzene rings is 2. The molecule has 1 unspecified atom stereocenters. The van der Waals surface area contributed by atoms with Crippen LogP contribution in [-0.2, 0) is 26.1 Å². The molecule has 0 saturated heterocycles. The van der Waals surface area contributed by atoms with Crippen LogP contribution in [0.5, 0.6) is 11.5 Å². The number of anilines is 1. The van der Waals surface area contributed by atoms with Crippen LogP contribution in [0.4, 0.5) is 10.5 Å². The minimum absolute atomic E-state index is 0.0128. The maximum Gasteiger partial charge on any atom is 0.335 e. The second-order valence-corrected chi connectivity index (χ2v) is 10.1. The van der Waals surface area contributed by atoms with E-state index in [1.165, 1.54) is 23.5 Å². The van der Waals surface area contributed by atoms with Crippen LogP contribution in [0.25, 0.3) is 11.0 Å². The summed E-state index contributed by atoms with van der Waals surface area (Å²) < 4.78 is 31.1. The summed E-state index contributed by atoms with van der Waals surface area (Å²) >= 11 is 0. The molecule has 4 rings (SSSR count). The molecule has 2 aromatic carbocycles. The van der Waals surface area contributed by atoms with Crippen LogP contribution >= 0.6 is 0 Å². The monoisotopic (exact) mass is 550 g/mol. The Bertz CT molecular complexity index is 1540. The summed E-state index contributed by atoms with van der Waals surface area (Å²) in [5, 5.41) is 0.0670. The normalized spacial score (nSPS) is 11.7. The molecule has 0 aliphatic rings. The van der Waals surface area contributed by atoms with Gasteiger partial charge < -0.3 is 14.2 Å². The average molecular weight is 551 g/mol. The number of amides is 1. The molecule has 0 aliphatic carbocycles. The van der Waals surface area contributed by atoms with Gasteiger partial charge in [-0.15, -0.1) is 0 Å². The SMILES string of the molecule is COc1ccc2c(c1)nc(S(=O)Cc1ncc(C)c(OC)c1C)n2C(=O)N(CCOC(C)=O)c1ccccc1. The zero-order valence-corrected chi connectivity index (χ0v) is 23.3. The molecule has 204 valence electrons. The lowest BCUT2D eigenvalue weighted by molar-refractivity contribution is -0.140. The summed E-state index contributed by atoms with van der Waals surface area (Å²) in [5.74, 6) is 0.794. The molecule has 0 N–H and O–H groups in total. The highest BCUT2D eigenvalue weighted by atomic mass is 32.2. The van der Waals surface area contributed by atoms with Crippen molar-refractivity contribution in [2.75, 3.05) is 32.3 Å². The van der Waals surface area contributed by atoms with Gasteiger partial charge in [-0.25, -0.2) is 14.3 Å². The lowest BCUT2D eigenvalue weighted by Crippen LogP contribution is -2.38. The molecule has 0 saturated carbocycles. The first kappa shape index (κ1) is 27.8. The summed E-state index contributed by atoms with van der Waals surface area (Å²) in [5.41, 5.74) is 3.71. The van der Waals surface area contributed by atoms with E-state index >= 15 is 0 Å². The van der Waals surface area contributed by atoms with Crippen LogP contribution in [0.1, 0.15) is 23.7 Å². The Morgan fingerprint density at radius 1 is 1.05 bits per heavy atom. The first-order chi connectivity index (χ1) is 18.7.